The SMILES string of the molecule is CCNC(=NCc1cn2c(C)cccc2n1)N1CCC(N(CC)CC)C1.I. The minimum atomic E-state index is 0. The third-order valence-electron chi connectivity index (χ3n) is 5.26. The molecule has 0 radical (unpaired) electrons. The van der Waals surface area contributed by atoms with E-state index in [4.69, 9.17) is 9.98 Å². The molecule has 0 spiro atoms. The average molecular weight is 484 g/mol. The normalized spacial score (nSPS) is 17.6. The Labute approximate surface area is 180 Å². The molecular formula is C20H33IN6. The highest BCUT2D eigenvalue weighted by Crippen LogP contribution is 2.16. The van der Waals surface area contributed by atoms with Crippen molar-refractivity contribution in [3.63, 3.8) is 0 Å². The monoisotopic (exact) mass is 484 g/mol. The van der Waals surface area contributed by atoms with Crippen LogP contribution in [0.25, 0.3) is 5.65 Å². The molecule has 1 aliphatic rings. The van der Waals surface area contributed by atoms with E-state index in [2.05, 4.69) is 59.5 Å². The molecule has 3 heterocycles. The zero-order valence-electron chi connectivity index (χ0n) is 17.0. The number of pyridine rings is 1. The molecule has 0 aliphatic carbocycles. The Hall–Kier alpha value is -1.35. The molecule has 2 aromatic rings. The van der Waals surface area contributed by atoms with Crippen LogP contribution < -0.4 is 5.32 Å². The molecule has 0 saturated carbocycles. The summed E-state index contributed by atoms with van der Waals surface area (Å²) in [5.41, 5.74) is 3.19. The van der Waals surface area contributed by atoms with E-state index < -0.39 is 0 Å². The number of hydrogen-bond acceptors (Lipinski definition) is 3. The van der Waals surface area contributed by atoms with E-state index >= 15 is 0 Å². The van der Waals surface area contributed by atoms with Gasteiger partial charge in [-0.05, 0) is 45.5 Å². The first kappa shape index (κ1) is 21.9. The zero-order chi connectivity index (χ0) is 18.5. The summed E-state index contributed by atoms with van der Waals surface area (Å²) in [4.78, 5) is 14.5. The predicted octanol–water partition coefficient (Wildman–Crippen LogP) is 3.14. The van der Waals surface area contributed by atoms with Crippen LogP contribution in [-0.2, 0) is 6.54 Å². The van der Waals surface area contributed by atoms with Crippen LogP contribution >= 0.6 is 24.0 Å². The van der Waals surface area contributed by atoms with Crippen LogP contribution in [-0.4, -0.2) is 63.9 Å². The molecule has 150 valence electrons. The Bertz CT molecular complexity index is 752. The van der Waals surface area contributed by atoms with E-state index in [0.717, 1.165) is 50.0 Å². The molecular weight excluding hydrogens is 451 g/mol. The van der Waals surface area contributed by atoms with Crippen LogP contribution in [0.4, 0.5) is 0 Å². The summed E-state index contributed by atoms with van der Waals surface area (Å²) in [5.74, 6) is 1.01. The number of aryl methyl sites for hydroxylation is 1. The Kier molecular flexibility index (Phi) is 8.34. The number of likely N-dealkylation sites (N-methyl/N-ethyl adjacent to an activating group) is 1. The van der Waals surface area contributed by atoms with Gasteiger partial charge in [0.2, 0.25) is 0 Å². The minimum absolute atomic E-state index is 0. The first-order valence-electron chi connectivity index (χ1n) is 9.87. The third kappa shape index (κ3) is 5.13. The summed E-state index contributed by atoms with van der Waals surface area (Å²) in [6.45, 7) is 14.6. The highest BCUT2D eigenvalue weighted by molar-refractivity contribution is 14.0. The number of fused-ring (bicyclic) bond motifs is 1. The molecule has 1 saturated heterocycles. The number of aromatic nitrogens is 2. The van der Waals surface area contributed by atoms with Crippen molar-refractivity contribution < 1.29 is 0 Å². The number of likely N-dealkylation sites (tertiary alicyclic amines) is 1. The number of guanidine groups is 1. The van der Waals surface area contributed by atoms with E-state index in [-0.39, 0.29) is 24.0 Å². The molecule has 3 rings (SSSR count). The van der Waals surface area contributed by atoms with Crippen LogP contribution in [0, 0.1) is 6.92 Å². The summed E-state index contributed by atoms with van der Waals surface area (Å²) in [6, 6.07) is 6.82. The lowest BCUT2D eigenvalue weighted by atomic mass is 10.2. The van der Waals surface area contributed by atoms with Crippen LogP contribution in [0.15, 0.2) is 29.4 Å². The molecule has 0 bridgehead atoms. The fourth-order valence-corrected chi connectivity index (χ4v) is 3.83. The Balaban J connectivity index is 0.00000261. The Morgan fingerprint density at radius 3 is 2.74 bits per heavy atom. The van der Waals surface area contributed by atoms with Gasteiger partial charge in [-0.3, -0.25) is 4.90 Å². The lowest BCUT2D eigenvalue weighted by Crippen LogP contribution is -2.43. The van der Waals surface area contributed by atoms with Gasteiger partial charge in [0.25, 0.3) is 0 Å². The second-order valence-corrected chi connectivity index (χ2v) is 6.91. The van der Waals surface area contributed by atoms with E-state index in [1.54, 1.807) is 0 Å². The van der Waals surface area contributed by atoms with Gasteiger partial charge in [0.1, 0.15) is 5.65 Å². The summed E-state index contributed by atoms with van der Waals surface area (Å²) in [5, 5.41) is 3.46. The maximum absolute atomic E-state index is 4.87. The van der Waals surface area contributed by atoms with Gasteiger partial charge in [0, 0.05) is 37.6 Å². The second kappa shape index (κ2) is 10.3. The quantitative estimate of drug-likeness (QED) is 0.389. The summed E-state index contributed by atoms with van der Waals surface area (Å²) in [7, 11) is 0. The second-order valence-electron chi connectivity index (χ2n) is 6.91. The molecule has 1 aliphatic heterocycles. The molecule has 2 aromatic heterocycles. The standard InChI is InChI=1S/C20H32N6.HI/c1-5-21-20(25-12-11-18(15-25)24(6-2)7-3)22-13-17-14-26-16(4)9-8-10-19(26)23-17;/h8-10,14,18H,5-7,11-13,15H2,1-4H3,(H,21,22);1H. The maximum atomic E-state index is 4.87. The zero-order valence-corrected chi connectivity index (χ0v) is 19.3. The van der Waals surface area contributed by atoms with Crippen molar-refractivity contribution >= 4 is 35.6 Å². The van der Waals surface area contributed by atoms with Gasteiger partial charge >= 0.3 is 0 Å². The van der Waals surface area contributed by atoms with Gasteiger partial charge in [-0.2, -0.15) is 0 Å². The van der Waals surface area contributed by atoms with Crippen molar-refractivity contribution in [2.45, 2.75) is 46.7 Å². The first-order valence-corrected chi connectivity index (χ1v) is 9.87. The van der Waals surface area contributed by atoms with Gasteiger partial charge in [-0.15, -0.1) is 24.0 Å². The number of nitrogens with one attached hydrogen (secondary N) is 1. The largest absolute Gasteiger partial charge is 0.357 e. The maximum Gasteiger partial charge on any atom is 0.194 e. The van der Waals surface area contributed by atoms with Crippen molar-refractivity contribution in [1.82, 2.24) is 24.5 Å². The summed E-state index contributed by atoms with van der Waals surface area (Å²) in [6.07, 6.45) is 3.31. The average Bonchev–Trinajstić information content (AvgIpc) is 3.28. The van der Waals surface area contributed by atoms with Crippen molar-refractivity contribution in [1.29, 1.82) is 0 Å². The van der Waals surface area contributed by atoms with Gasteiger partial charge in [0.05, 0.1) is 12.2 Å². The van der Waals surface area contributed by atoms with E-state index in [1.807, 2.05) is 12.1 Å². The van der Waals surface area contributed by atoms with Gasteiger partial charge in [0.15, 0.2) is 5.96 Å². The number of hydrogen-bond donors (Lipinski definition) is 1. The number of halogens is 1. The highest BCUT2D eigenvalue weighted by Gasteiger charge is 2.27. The number of nitrogens with zero attached hydrogens (tertiary/aromatic N) is 5. The number of aliphatic imine (C=N–C) groups is 1. The molecule has 1 atom stereocenters. The third-order valence-corrected chi connectivity index (χ3v) is 5.26. The Morgan fingerprint density at radius 1 is 1.30 bits per heavy atom. The molecule has 0 aromatic carbocycles. The van der Waals surface area contributed by atoms with Crippen molar-refractivity contribution in [3.8, 4) is 0 Å². The molecule has 1 N–H and O–H groups in total. The van der Waals surface area contributed by atoms with Gasteiger partial charge < -0.3 is 14.6 Å². The molecule has 1 fully saturated rings. The molecule has 7 heteroatoms. The van der Waals surface area contributed by atoms with E-state index in [1.165, 1.54) is 12.1 Å². The van der Waals surface area contributed by atoms with Crippen LogP contribution in [0.3, 0.4) is 0 Å². The molecule has 6 nitrogen and oxygen atoms in total. The summed E-state index contributed by atoms with van der Waals surface area (Å²) >= 11 is 0. The van der Waals surface area contributed by atoms with Crippen LogP contribution in [0.5, 0.6) is 0 Å². The molecule has 0 amide bonds. The van der Waals surface area contributed by atoms with Gasteiger partial charge in [-0.25, -0.2) is 9.98 Å². The summed E-state index contributed by atoms with van der Waals surface area (Å²) < 4.78 is 2.13. The molecule has 1 unspecified atom stereocenters. The van der Waals surface area contributed by atoms with E-state index in [9.17, 15) is 0 Å². The first-order chi connectivity index (χ1) is 12.7. The number of imidazole rings is 1. The lowest BCUT2D eigenvalue weighted by Gasteiger charge is -2.27. The van der Waals surface area contributed by atoms with Crippen LogP contribution in [0.2, 0.25) is 0 Å². The van der Waals surface area contributed by atoms with Crippen molar-refractivity contribution in [2.75, 3.05) is 32.7 Å². The highest BCUT2D eigenvalue weighted by atomic mass is 127. The molecule has 27 heavy (non-hydrogen) atoms. The Morgan fingerprint density at radius 2 is 2.07 bits per heavy atom. The van der Waals surface area contributed by atoms with E-state index in [0.29, 0.717) is 12.6 Å². The fraction of sp³-hybridized carbons (Fsp3) is 0.600. The lowest BCUT2D eigenvalue weighted by molar-refractivity contribution is 0.223. The topological polar surface area (TPSA) is 48.2 Å². The predicted molar refractivity (Wildman–Crippen MR) is 123 cm³/mol. The minimum Gasteiger partial charge on any atom is -0.357 e. The van der Waals surface area contributed by atoms with Crippen molar-refractivity contribution in [2.24, 2.45) is 4.99 Å². The van der Waals surface area contributed by atoms with Crippen LogP contribution in [0.1, 0.15) is 38.6 Å². The number of rotatable bonds is 6. The van der Waals surface area contributed by atoms with Gasteiger partial charge in [-0.1, -0.05) is 19.9 Å². The fourth-order valence-electron chi connectivity index (χ4n) is 3.83. The van der Waals surface area contributed by atoms with Crippen molar-refractivity contribution in [3.05, 3.63) is 35.8 Å². The smallest absolute Gasteiger partial charge is 0.194 e.